The van der Waals surface area contributed by atoms with Crippen LogP contribution < -0.4 is 5.32 Å². The number of hydrogen-bond acceptors (Lipinski definition) is 1. The molecular weight excluding hydrogens is 220 g/mol. The second-order valence-electron chi connectivity index (χ2n) is 4.87. The first-order chi connectivity index (χ1) is 8.19. The molecule has 1 aliphatic carbocycles. The zero-order valence-electron chi connectivity index (χ0n) is 10.2. The normalized spacial score (nSPS) is 24.2. The summed E-state index contributed by atoms with van der Waals surface area (Å²) in [6.45, 7) is 3.07. The topological polar surface area (TPSA) is 12.0 Å². The summed E-state index contributed by atoms with van der Waals surface area (Å²) < 4.78 is 26.5. The minimum atomic E-state index is -0.345. The zero-order chi connectivity index (χ0) is 12.3. The standard InChI is InChI=1S/C14H19F2N/c1-2-17-13-5-3-10(8-13)7-11-9-12(15)4-6-14(11)16/h4,6,9-10,13,17H,2-3,5,7-8H2,1H3. The van der Waals surface area contributed by atoms with Crippen molar-refractivity contribution in [2.45, 2.75) is 38.6 Å². The van der Waals surface area contributed by atoms with Gasteiger partial charge in [0.05, 0.1) is 0 Å². The smallest absolute Gasteiger partial charge is 0.126 e. The molecule has 2 rings (SSSR count). The molecule has 0 heterocycles. The lowest BCUT2D eigenvalue weighted by molar-refractivity contribution is 0.482. The first kappa shape index (κ1) is 12.5. The van der Waals surface area contributed by atoms with E-state index in [1.54, 1.807) is 0 Å². The molecule has 1 aromatic rings. The molecule has 0 aromatic heterocycles. The first-order valence-electron chi connectivity index (χ1n) is 6.36. The van der Waals surface area contributed by atoms with E-state index in [1.165, 1.54) is 18.2 Å². The Morgan fingerprint density at radius 1 is 1.29 bits per heavy atom. The highest BCUT2D eigenvalue weighted by atomic mass is 19.1. The lowest BCUT2D eigenvalue weighted by atomic mass is 9.97. The van der Waals surface area contributed by atoms with Gasteiger partial charge in [0.1, 0.15) is 11.6 Å². The maximum Gasteiger partial charge on any atom is 0.126 e. The Hall–Kier alpha value is -0.960. The fourth-order valence-corrected chi connectivity index (χ4v) is 2.75. The van der Waals surface area contributed by atoms with Gasteiger partial charge in [-0.3, -0.25) is 0 Å². The molecule has 0 aliphatic heterocycles. The summed E-state index contributed by atoms with van der Waals surface area (Å²) in [5.74, 6) is -0.142. The molecule has 1 N–H and O–H groups in total. The Bertz CT molecular complexity index is 378. The van der Waals surface area contributed by atoms with Gasteiger partial charge in [-0.2, -0.15) is 0 Å². The van der Waals surface area contributed by atoms with Crippen molar-refractivity contribution in [3.05, 3.63) is 35.4 Å². The molecule has 0 radical (unpaired) electrons. The van der Waals surface area contributed by atoms with Gasteiger partial charge in [-0.25, -0.2) is 8.78 Å². The van der Waals surface area contributed by atoms with Gasteiger partial charge in [0, 0.05) is 6.04 Å². The van der Waals surface area contributed by atoms with Crippen molar-refractivity contribution >= 4 is 0 Å². The number of halogens is 2. The number of hydrogen-bond donors (Lipinski definition) is 1. The SMILES string of the molecule is CCNC1CCC(Cc2cc(F)ccc2F)C1. The first-order valence-corrected chi connectivity index (χ1v) is 6.36. The van der Waals surface area contributed by atoms with E-state index in [0.29, 0.717) is 23.9 Å². The molecule has 1 saturated carbocycles. The quantitative estimate of drug-likeness (QED) is 0.850. The zero-order valence-corrected chi connectivity index (χ0v) is 10.2. The van der Waals surface area contributed by atoms with E-state index in [1.807, 2.05) is 0 Å². The summed E-state index contributed by atoms with van der Waals surface area (Å²) in [4.78, 5) is 0. The van der Waals surface area contributed by atoms with E-state index in [9.17, 15) is 8.78 Å². The number of nitrogens with one attached hydrogen (secondary N) is 1. The van der Waals surface area contributed by atoms with Gasteiger partial charge in [-0.15, -0.1) is 0 Å². The molecule has 3 heteroatoms. The molecule has 2 atom stereocenters. The van der Waals surface area contributed by atoms with Crippen molar-refractivity contribution < 1.29 is 8.78 Å². The third kappa shape index (κ3) is 3.25. The van der Waals surface area contributed by atoms with Crippen molar-refractivity contribution in [1.82, 2.24) is 5.32 Å². The van der Waals surface area contributed by atoms with Crippen LogP contribution in [0, 0.1) is 17.6 Å². The summed E-state index contributed by atoms with van der Waals surface area (Å²) in [6.07, 6.45) is 3.98. The second-order valence-corrected chi connectivity index (χ2v) is 4.87. The predicted octanol–water partition coefficient (Wildman–Crippen LogP) is 3.29. The molecule has 1 aromatic carbocycles. The lowest BCUT2D eigenvalue weighted by Crippen LogP contribution is -2.26. The average Bonchev–Trinajstić information content (AvgIpc) is 2.72. The highest BCUT2D eigenvalue weighted by Gasteiger charge is 2.24. The maximum atomic E-state index is 13.5. The van der Waals surface area contributed by atoms with E-state index in [0.717, 1.165) is 25.8 Å². The van der Waals surface area contributed by atoms with Crippen LogP contribution >= 0.6 is 0 Å². The third-order valence-corrected chi connectivity index (χ3v) is 3.55. The molecule has 17 heavy (non-hydrogen) atoms. The molecule has 0 spiro atoms. The average molecular weight is 239 g/mol. The Morgan fingerprint density at radius 2 is 2.12 bits per heavy atom. The number of rotatable bonds is 4. The summed E-state index contributed by atoms with van der Waals surface area (Å²) in [5.41, 5.74) is 0.521. The van der Waals surface area contributed by atoms with Gasteiger partial charge >= 0.3 is 0 Å². The summed E-state index contributed by atoms with van der Waals surface area (Å²) >= 11 is 0. The van der Waals surface area contributed by atoms with Crippen LogP contribution in [0.1, 0.15) is 31.7 Å². The van der Waals surface area contributed by atoms with Gasteiger partial charge in [-0.1, -0.05) is 6.92 Å². The van der Waals surface area contributed by atoms with Crippen LogP contribution in [-0.4, -0.2) is 12.6 Å². The van der Waals surface area contributed by atoms with E-state index in [-0.39, 0.29) is 11.6 Å². The van der Waals surface area contributed by atoms with Crippen LogP contribution in [0.3, 0.4) is 0 Å². The van der Waals surface area contributed by atoms with Crippen molar-refractivity contribution in [1.29, 1.82) is 0 Å². The highest BCUT2D eigenvalue weighted by molar-refractivity contribution is 5.19. The van der Waals surface area contributed by atoms with Crippen molar-refractivity contribution in [3.63, 3.8) is 0 Å². The van der Waals surface area contributed by atoms with E-state index >= 15 is 0 Å². The van der Waals surface area contributed by atoms with Crippen molar-refractivity contribution in [2.24, 2.45) is 5.92 Å². The molecule has 1 nitrogen and oxygen atoms in total. The van der Waals surface area contributed by atoms with Gasteiger partial charge in [-0.05, 0) is 61.9 Å². The van der Waals surface area contributed by atoms with E-state index < -0.39 is 0 Å². The van der Waals surface area contributed by atoms with Crippen LogP contribution in [0.2, 0.25) is 0 Å². The van der Waals surface area contributed by atoms with Crippen LogP contribution in [0.15, 0.2) is 18.2 Å². The maximum absolute atomic E-state index is 13.5. The van der Waals surface area contributed by atoms with E-state index in [2.05, 4.69) is 12.2 Å². The monoisotopic (exact) mass is 239 g/mol. The van der Waals surface area contributed by atoms with Gasteiger partial charge < -0.3 is 5.32 Å². The Balaban J connectivity index is 1.95. The molecule has 1 aliphatic rings. The molecule has 1 fully saturated rings. The van der Waals surface area contributed by atoms with Gasteiger partial charge in [0.15, 0.2) is 0 Å². The Labute approximate surface area is 101 Å². The van der Waals surface area contributed by atoms with Crippen LogP contribution in [0.4, 0.5) is 8.78 Å². The van der Waals surface area contributed by atoms with Crippen LogP contribution in [-0.2, 0) is 6.42 Å². The Morgan fingerprint density at radius 3 is 2.88 bits per heavy atom. The van der Waals surface area contributed by atoms with Crippen LogP contribution in [0.5, 0.6) is 0 Å². The number of benzene rings is 1. The molecule has 2 unspecified atom stereocenters. The van der Waals surface area contributed by atoms with Crippen molar-refractivity contribution in [2.75, 3.05) is 6.54 Å². The fraction of sp³-hybridized carbons (Fsp3) is 0.571. The van der Waals surface area contributed by atoms with Gasteiger partial charge in [0.25, 0.3) is 0 Å². The molecular formula is C14H19F2N. The summed E-state index contributed by atoms with van der Waals surface area (Å²) in [5, 5.41) is 3.42. The second kappa shape index (κ2) is 5.58. The molecule has 0 saturated heterocycles. The van der Waals surface area contributed by atoms with Gasteiger partial charge in [0.2, 0.25) is 0 Å². The fourth-order valence-electron chi connectivity index (χ4n) is 2.75. The molecule has 94 valence electrons. The van der Waals surface area contributed by atoms with Crippen molar-refractivity contribution in [3.8, 4) is 0 Å². The summed E-state index contributed by atoms with van der Waals surface area (Å²) in [6, 6.07) is 4.29. The molecule has 0 bridgehead atoms. The minimum Gasteiger partial charge on any atom is -0.314 e. The Kier molecular flexibility index (Phi) is 4.11. The lowest BCUT2D eigenvalue weighted by Gasteiger charge is -2.12. The highest BCUT2D eigenvalue weighted by Crippen LogP contribution is 2.29. The molecule has 0 amide bonds. The van der Waals surface area contributed by atoms with E-state index in [4.69, 9.17) is 0 Å². The minimum absolute atomic E-state index is 0.279. The predicted molar refractivity (Wildman–Crippen MR) is 64.9 cm³/mol. The third-order valence-electron chi connectivity index (χ3n) is 3.55. The van der Waals surface area contributed by atoms with Crippen LogP contribution in [0.25, 0.3) is 0 Å². The summed E-state index contributed by atoms with van der Waals surface area (Å²) in [7, 11) is 0. The largest absolute Gasteiger partial charge is 0.314 e.